The van der Waals surface area contributed by atoms with Crippen molar-refractivity contribution in [1.82, 2.24) is 4.65 Å². The average molecular weight is 273 g/mol. The van der Waals surface area contributed by atoms with E-state index >= 15 is 0 Å². The van der Waals surface area contributed by atoms with Crippen LogP contribution in [0.3, 0.4) is 0 Å². The van der Waals surface area contributed by atoms with Crippen LogP contribution in [0.15, 0.2) is 25.3 Å². The number of hydrogen-bond acceptors (Lipinski definition) is 5. The van der Waals surface area contributed by atoms with Gasteiger partial charge in [-0.2, -0.15) is 0 Å². The molecule has 0 saturated heterocycles. The Morgan fingerprint density at radius 3 is 1.71 bits per heavy atom. The molecule has 5 nitrogen and oxygen atoms in total. The van der Waals surface area contributed by atoms with E-state index in [-0.39, 0.29) is 0 Å². The Morgan fingerprint density at radius 2 is 1.41 bits per heavy atom. The van der Waals surface area contributed by atoms with Crippen molar-refractivity contribution in [2.24, 2.45) is 0 Å². The molecule has 0 aromatic carbocycles. The van der Waals surface area contributed by atoms with Crippen molar-refractivity contribution in [1.29, 1.82) is 0 Å². The lowest BCUT2D eigenvalue weighted by Gasteiger charge is -2.17. The molecule has 0 aromatic heterocycles. The summed E-state index contributed by atoms with van der Waals surface area (Å²) in [6.07, 6.45) is 3.12. The Hall–Kier alpha value is -1.19. The van der Waals surface area contributed by atoms with Gasteiger partial charge in [-0.1, -0.05) is 26.3 Å². The zero-order chi connectivity index (χ0) is 13.3. The molecule has 0 rings (SSSR count). The van der Waals surface area contributed by atoms with Crippen molar-refractivity contribution in [3.8, 4) is 0 Å². The molecule has 0 aromatic rings. The molecule has 0 heterocycles. The van der Waals surface area contributed by atoms with Gasteiger partial charge in [-0.25, -0.2) is 9.59 Å². The van der Waals surface area contributed by atoms with Gasteiger partial charge in [0, 0.05) is 12.2 Å². The summed E-state index contributed by atoms with van der Waals surface area (Å²) in [5.74, 6) is -0.808. The van der Waals surface area contributed by atoms with Crippen molar-refractivity contribution in [2.75, 3.05) is 12.5 Å². The minimum absolute atomic E-state index is 0.404. The van der Waals surface area contributed by atoms with E-state index in [1.54, 1.807) is 0 Å². The fourth-order valence-corrected chi connectivity index (χ4v) is 6.60. The van der Waals surface area contributed by atoms with Crippen LogP contribution < -0.4 is 4.65 Å². The molecule has 0 fully saturated rings. The normalized spacial score (nSPS) is 13.3. The van der Waals surface area contributed by atoms with Gasteiger partial charge in [0.15, 0.2) is 0 Å². The van der Waals surface area contributed by atoms with Crippen LogP contribution >= 0.6 is 0 Å². The molecule has 0 saturated carbocycles. The van der Waals surface area contributed by atoms with E-state index in [9.17, 15) is 9.59 Å². The summed E-state index contributed by atoms with van der Waals surface area (Å²) >= 11 is 0. The summed E-state index contributed by atoms with van der Waals surface area (Å²) in [6, 6.07) is 0. The van der Waals surface area contributed by atoms with Crippen LogP contribution in [0.1, 0.15) is 0 Å². The second-order valence-electron chi connectivity index (χ2n) is 3.64. The van der Waals surface area contributed by atoms with Crippen molar-refractivity contribution in [3.63, 3.8) is 0 Å². The fourth-order valence-electron chi connectivity index (χ4n) is 1.11. The van der Waals surface area contributed by atoms with Crippen molar-refractivity contribution in [2.45, 2.75) is 13.1 Å². The molecule has 0 aliphatic rings. The highest BCUT2D eigenvalue weighted by Crippen LogP contribution is 1.88. The summed E-state index contributed by atoms with van der Waals surface area (Å²) in [6.45, 7) is 10.7. The van der Waals surface area contributed by atoms with Crippen LogP contribution in [-0.2, 0) is 19.1 Å². The number of rotatable bonds is 8. The van der Waals surface area contributed by atoms with Crippen molar-refractivity contribution in [3.05, 3.63) is 25.3 Å². The van der Waals surface area contributed by atoms with Crippen LogP contribution in [0.5, 0.6) is 0 Å². The SMILES string of the molecule is C=CC(=O)OC[SiH](C)N[SiH](C)COC(=O)C=C. The first kappa shape index (κ1) is 15.8. The Labute approximate surface area is 105 Å². The Kier molecular flexibility index (Phi) is 8.29. The monoisotopic (exact) mass is 273 g/mol. The van der Waals surface area contributed by atoms with E-state index in [1.807, 2.05) is 13.1 Å². The fraction of sp³-hybridized carbons (Fsp3) is 0.400. The summed E-state index contributed by atoms with van der Waals surface area (Å²) in [5.41, 5.74) is 0. The highest BCUT2D eigenvalue weighted by Gasteiger charge is 2.13. The van der Waals surface area contributed by atoms with Gasteiger partial charge in [-0.05, 0) is 0 Å². The van der Waals surface area contributed by atoms with Crippen LogP contribution in [0.4, 0.5) is 0 Å². The Bertz CT molecular complexity index is 268. The molecule has 0 bridgehead atoms. The smallest absolute Gasteiger partial charge is 0.329 e. The molecule has 0 spiro atoms. The Morgan fingerprint density at radius 1 is 1.06 bits per heavy atom. The zero-order valence-corrected chi connectivity index (χ0v) is 12.6. The summed E-state index contributed by atoms with van der Waals surface area (Å²) < 4.78 is 13.3. The second-order valence-corrected chi connectivity index (χ2v) is 9.24. The largest absolute Gasteiger partial charge is 0.465 e. The summed E-state index contributed by atoms with van der Waals surface area (Å²) in [4.78, 5) is 21.7. The zero-order valence-electron chi connectivity index (χ0n) is 10.3. The van der Waals surface area contributed by atoms with Gasteiger partial charge < -0.3 is 14.1 Å². The van der Waals surface area contributed by atoms with Gasteiger partial charge in [0.1, 0.15) is 17.9 Å². The van der Waals surface area contributed by atoms with Crippen molar-refractivity contribution >= 4 is 29.9 Å². The third kappa shape index (κ3) is 8.60. The number of nitrogens with one attached hydrogen (secondary N) is 1. The number of ether oxygens (including phenoxy) is 2. The van der Waals surface area contributed by atoms with Crippen LogP contribution in [0, 0.1) is 0 Å². The highest BCUT2D eigenvalue weighted by molar-refractivity contribution is 6.71. The van der Waals surface area contributed by atoms with E-state index in [2.05, 4.69) is 17.8 Å². The molecule has 96 valence electrons. The topological polar surface area (TPSA) is 64.6 Å². The third-order valence-corrected chi connectivity index (χ3v) is 7.74. The van der Waals surface area contributed by atoms with Crippen molar-refractivity contribution < 1.29 is 19.1 Å². The first-order valence-corrected chi connectivity index (χ1v) is 10.4. The molecule has 0 radical (unpaired) electrons. The first-order valence-electron chi connectivity index (χ1n) is 5.34. The Balaban J connectivity index is 3.75. The maximum absolute atomic E-state index is 10.8. The van der Waals surface area contributed by atoms with E-state index in [0.29, 0.717) is 12.5 Å². The van der Waals surface area contributed by atoms with Crippen LogP contribution in [-0.4, -0.2) is 42.3 Å². The number of esters is 2. The van der Waals surface area contributed by atoms with E-state index in [0.717, 1.165) is 12.2 Å². The maximum atomic E-state index is 10.8. The van der Waals surface area contributed by atoms with Crippen LogP contribution in [0.2, 0.25) is 13.1 Å². The molecule has 2 atom stereocenters. The van der Waals surface area contributed by atoms with Crippen LogP contribution in [0.25, 0.3) is 0 Å². The number of carbonyl (C=O) groups excluding carboxylic acids is 2. The predicted octanol–water partition coefficient (Wildman–Crippen LogP) is -0.180. The third-order valence-electron chi connectivity index (χ3n) is 1.85. The van der Waals surface area contributed by atoms with Gasteiger partial charge in [0.25, 0.3) is 0 Å². The lowest BCUT2D eigenvalue weighted by Crippen LogP contribution is -2.47. The van der Waals surface area contributed by atoms with E-state index in [1.165, 1.54) is 0 Å². The summed E-state index contributed by atoms with van der Waals surface area (Å²) in [7, 11) is -2.60. The molecule has 7 heteroatoms. The lowest BCUT2D eigenvalue weighted by molar-refractivity contribution is -0.136. The van der Waals surface area contributed by atoms with Gasteiger partial charge in [0.05, 0.1) is 12.5 Å². The molecule has 17 heavy (non-hydrogen) atoms. The predicted molar refractivity (Wildman–Crippen MR) is 71.5 cm³/mol. The van der Waals surface area contributed by atoms with E-state index in [4.69, 9.17) is 9.47 Å². The standard InChI is InChI=1S/C10H19NO4Si2/c1-5-9(12)14-7-16(3)11-17(4)8-15-10(13)6-2/h5-6,11,16-17H,1-2,7-8H2,3-4H3. The average Bonchev–Trinajstić information content (AvgIpc) is 2.32. The lowest BCUT2D eigenvalue weighted by atomic mass is 10.7. The van der Waals surface area contributed by atoms with Gasteiger partial charge >= 0.3 is 11.9 Å². The van der Waals surface area contributed by atoms with Gasteiger partial charge in [0.2, 0.25) is 0 Å². The first-order chi connectivity index (χ1) is 7.99. The van der Waals surface area contributed by atoms with Gasteiger partial charge in [-0.3, -0.25) is 0 Å². The maximum Gasteiger partial charge on any atom is 0.329 e. The summed E-state index contributed by atoms with van der Waals surface area (Å²) in [5, 5.41) is 0. The molecular formula is C10H19NO4Si2. The molecule has 0 amide bonds. The molecule has 1 N–H and O–H groups in total. The minimum atomic E-state index is -1.30. The molecule has 2 unspecified atom stereocenters. The number of hydrogen-bond donors (Lipinski definition) is 1. The second kappa shape index (κ2) is 8.91. The molecule has 0 aliphatic carbocycles. The minimum Gasteiger partial charge on any atom is -0.465 e. The quantitative estimate of drug-likeness (QED) is 0.378. The van der Waals surface area contributed by atoms with E-state index < -0.39 is 29.9 Å². The highest BCUT2D eigenvalue weighted by atomic mass is 28.3. The molecular weight excluding hydrogens is 254 g/mol. The van der Waals surface area contributed by atoms with Gasteiger partial charge in [-0.15, -0.1) is 0 Å². The molecule has 0 aliphatic heterocycles. The number of carbonyl (C=O) groups is 2.